The Bertz CT molecular complexity index is 3370. The van der Waals surface area contributed by atoms with E-state index in [4.69, 9.17) is 9.97 Å². The van der Waals surface area contributed by atoms with Crippen LogP contribution >= 0.6 is 0 Å². The molecule has 0 N–H and O–H groups in total. The molecule has 12 aromatic rings. The van der Waals surface area contributed by atoms with Crippen LogP contribution < -0.4 is 0 Å². The number of rotatable bonds is 2. The topological polar surface area (TPSA) is 35.1 Å². The highest BCUT2D eigenvalue weighted by Crippen LogP contribution is 2.45. The van der Waals surface area contributed by atoms with Gasteiger partial charge in [0.15, 0.2) is 5.82 Å². The lowest BCUT2D eigenvalue weighted by molar-refractivity contribution is 1.08. The van der Waals surface area contributed by atoms with Crippen LogP contribution in [0.4, 0.5) is 0 Å². The second kappa shape index (κ2) is 9.43. The van der Waals surface area contributed by atoms with Crippen molar-refractivity contribution in [1.82, 2.24) is 18.9 Å². The summed E-state index contributed by atoms with van der Waals surface area (Å²) >= 11 is 0. The average molecular weight is 635 g/mol. The van der Waals surface area contributed by atoms with E-state index in [-0.39, 0.29) is 0 Å². The summed E-state index contributed by atoms with van der Waals surface area (Å²) in [5, 5.41) is 12.2. The van der Waals surface area contributed by atoms with Gasteiger partial charge in [0.1, 0.15) is 5.69 Å². The van der Waals surface area contributed by atoms with E-state index in [1.165, 1.54) is 59.6 Å². The van der Waals surface area contributed by atoms with Crippen molar-refractivity contribution in [2.24, 2.45) is 0 Å². The number of para-hydroxylation sites is 1. The third kappa shape index (κ3) is 3.30. The maximum atomic E-state index is 5.58. The lowest BCUT2D eigenvalue weighted by Crippen LogP contribution is -2.04. The van der Waals surface area contributed by atoms with Gasteiger partial charge in [0, 0.05) is 37.9 Å². The molecular weight excluding hydrogens is 609 g/mol. The number of fused-ring (bicyclic) bond motifs is 9. The highest BCUT2D eigenvalue weighted by atomic mass is 15.1. The molecule has 0 atom stereocenters. The summed E-state index contributed by atoms with van der Waals surface area (Å²) in [6.07, 6.45) is 0. The first-order valence-corrected chi connectivity index (χ1v) is 17.1. The highest BCUT2D eigenvalue weighted by Gasteiger charge is 2.24. The lowest BCUT2D eigenvalue weighted by atomic mass is 10.0. The van der Waals surface area contributed by atoms with Gasteiger partial charge in [0.2, 0.25) is 0 Å². The van der Waals surface area contributed by atoms with Crippen molar-refractivity contribution in [3.8, 4) is 17.1 Å². The normalized spacial score (nSPS) is 12.4. The minimum atomic E-state index is 0.830. The molecule has 0 amide bonds. The van der Waals surface area contributed by atoms with E-state index in [0.29, 0.717) is 0 Å². The summed E-state index contributed by atoms with van der Waals surface area (Å²) in [5.41, 5.74) is 9.57. The monoisotopic (exact) mass is 634 g/mol. The maximum absolute atomic E-state index is 5.58. The minimum Gasteiger partial charge on any atom is -0.308 e. The van der Waals surface area contributed by atoms with E-state index in [1.807, 2.05) is 0 Å². The van der Waals surface area contributed by atoms with Gasteiger partial charge in [-0.3, -0.25) is 4.57 Å². The fraction of sp³-hybridized carbons (Fsp3) is 0. The first-order chi connectivity index (χ1) is 24.8. The van der Waals surface area contributed by atoms with Gasteiger partial charge in [0.05, 0.1) is 38.6 Å². The van der Waals surface area contributed by atoms with Crippen LogP contribution in [0.2, 0.25) is 0 Å². The number of benzene rings is 8. The van der Waals surface area contributed by atoms with Crippen molar-refractivity contribution < 1.29 is 0 Å². The molecular formula is C46H26N4. The van der Waals surface area contributed by atoms with Crippen LogP contribution in [0.1, 0.15) is 0 Å². The summed E-state index contributed by atoms with van der Waals surface area (Å²) in [7, 11) is 0. The largest absolute Gasteiger partial charge is 0.308 e. The van der Waals surface area contributed by atoms with Gasteiger partial charge in [-0.25, -0.2) is 9.97 Å². The predicted molar refractivity (Wildman–Crippen MR) is 209 cm³/mol. The van der Waals surface area contributed by atoms with Crippen LogP contribution in [0.3, 0.4) is 0 Å². The minimum absolute atomic E-state index is 0.830. The van der Waals surface area contributed by atoms with Gasteiger partial charge < -0.3 is 4.40 Å². The molecule has 0 radical (unpaired) electrons. The van der Waals surface area contributed by atoms with Gasteiger partial charge in [-0.05, 0) is 57.9 Å². The van der Waals surface area contributed by atoms with E-state index in [1.54, 1.807) is 0 Å². The van der Waals surface area contributed by atoms with Crippen molar-refractivity contribution >= 4 is 92.5 Å². The van der Waals surface area contributed by atoms with Crippen molar-refractivity contribution in [3.63, 3.8) is 0 Å². The fourth-order valence-electron chi connectivity index (χ4n) is 8.67. The van der Waals surface area contributed by atoms with E-state index < -0.39 is 0 Å². The highest BCUT2D eigenvalue weighted by molar-refractivity contribution is 6.31. The van der Waals surface area contributed by atoms with Gasteiger partial charge in [-0.2, -0.15) is 0 Å². The zero-order valence-electron chi connectivity index (χ0n) is 26.8. The molecule has 4 heterocycles. The van der Waals surface area contributed by atoms with Gasteiger partial charge in [-0.15, -0.1) is 0 Å². The van der Waals surface area contributed by atoms with E-state index in [0.717, 1.165) is 49.9 Å². The average Bonchev–Trinajstić information content (AvgIpc) is 3.64. The van der Waals surface area contributed by atoms with Crippen LogP contribution in [-0.2, 0) is 0 Å². The van der Waals surface area contributed by atoms with Gasteiger partial charge in [0.25, 0.3) is 0 Å². The second-order valence-electron chi connectivity index (χ2n) is 13.4. The van der Waals surface area contributed by atoms with Crippen LogP contribution in [0.15, 0.2) is 158 Å². The second-order valence-corrected chi connectivity index (χ2v) is 13.4. The van der Waals surface area contributed by atoms with E-state index >= 15 is 0 Å². The Labute approximate surface area is 285 Å². The Morgan fingerprint density at radius 3 is 1.90 bits per heavy atom. The van der Waals surface area contributed by atoms with Crippen LogP contribution in [0, 0.1) is 0 Å². The van der Waals surface area contributed by atoms with Crippen LogP contribution in [0.5, 0.6) is 0 Å². The standard InChI is InChI=1S/C46H26N4/c1-2-12-28(13-3-1)43-46(48-44-31-16-7-6-11-27(31)23-24-36(44)47-43)50-37-20-9-17-32-33-18-8-19-34-35-25-29-14-4-5-15-30(29)26-40(35)49(45(33)34)38-21-10-22-39(50)42(38)41(32)37/h1-26H. The molecule has 0 bridgehead atoms. The third-order valence-electron chi connectivity index (χ3n) is 10.8. The Balaban J connectivity index is 1.33. The molecule has 0 saturated carbocycles. The molecule has 4 nitrogen and oxygen atoms in total. The molecule has 0 aliphatic heterocycles. The first-order valence-electron chi connectivity index (χ1n) is 17.1. The molecule has 12 rings (SSSR count). The molecule has 0 aliphatic carbocycles. The van der Waals surface area contributed by atoms with Gasteiger partial charge in [-0.1, -0.05) is 121 Å². The fourth-order valence-corrected chi connectivity index (χ4v) is 8.67. The van der Waals surface area contributed by atoms with E-state index in [9.17, 15) is 0 Å². The summed E-state index contributed by atoms with van der Waals surface area (Å²) in [6.45, 7) is 0. The Hall–Kier alpha value is -6.78. The quantitative estimate of drug-likeness (QED) is 0.177. The number of hydrogen-bond acceptors (Lipinski definition) is 2. The van der Waals surface area contributed by atoms with Crippen molar-refractivity contribution in [2.75, 3.05) is 0 Å². The SMILES string of the molecule is c1ccc(-c2nc3ccc4ccccc4c3nc2-n2c3cccc4c5cccc6c7cc8ccccc8cc7n(c7cccc2c7c43)c56)cc1. The van der Waals surface area contributed by atoms with Crippen molar-refractivity contribution in [1.29, 1.82) is 0 Å². The van der Waals surface area contributed by atoms with Crippen LogP contribution in [0.25, 0.3) is 110 Å². The zero-order valence-corrected chi connectivity index (χ0v) is 26.8. The Morgan fingerprint density at radius 1 is 0.400 bits per heavy atom. The van der Waals surface area contributed by atoms with Crippen LogP contribution in [-0.4, -0.2) is 18.9 Å². The Morgan fingerprint density at radius 2 is 1.04 bits per heavy atom. The maximum Gasteiger partial charge on any atom is 0.165 e. The lowest BCUT2D eigenvalue weighted by Gasteiger charge is -2.15. The molecule has 0 saturated heterocycles. The number of hydrogen-bond donors (Lipinski definition) is 0. The molecule has 230 valence electrons. The molecule has 0 fully saturated rings. The number of nitrogens with zero attached hydrogens (tertiary/aromatic N) is 4. The molecule has 4 heteroatoms. The van der Waals surface area contributed by atoms with E-state index in [2.05, 4.69) is 167 Å². The predicted octanol–water partition coefficient (Wildman–Crippen LogP) is 11.9. The molecule has 0 spiro atoms. The molecule has 4 aromatic heterocycles. The summed E-state index contributed by atoms with van der Waals surface area (Å²) in [4.78, 5) is 11.0. The molecule has 50 heavy (non-hydrogen) atoms. The molecule has 0 unspecified atom stereocenters. The summed E-state index contributed by atoms with van der Waals surface area (Å²) < 4.78 is 4.87. The number of aromatic nitrogens is 4. The summed E-state index contributed by atoms with van der Waals surface area (Å²) in [5.74, 6) is 0.830. The molecule has 8 aromatic carbocycles. The van der Waals surface area contributed by atoms with Crippen molar-refractivity contribution in [3.05, 3.63) is 158 Å². The smallest absolute Gasteiger partial charge is 0.165 e. The first kappa shape index (κ1) is 26.2. The third-order valence-corrected chi connectivity index (χ3v) is 10.8. The van der Waals surface area contributed by atoms with Gasteiger partial charge >= 0.3 is 0 Å². The Kier molecular flexibility index (Phi) is 4.94. The molecule has 0 aliphatic rings. The van der Waals surface area contributed by atoms with Crippen molar-refractivity contribution in [2.45, 2.75) is 0 Å². The summed E-state index contributed by atoms with van der Waals surface area (Å²) in [6, 6.07) is 56.9. The zero-order chi connectivity index (χ0) is 32.5.